The highest BCUT2D eigenvalue weighted by molar-refractivity contribution is 5.75. The predicted octanol–water partition coefficient (Wildman–Crippen LogP) is 3.34. The van der Waals surface area contributed by atoms with Crippen LogP contribution in [0.1, 0.15) is 5.56 Å². The molecule has 0 saturated carbocycles. The number of carbonyl (C=O) groups is 1. The van der Waals surface area contributed by atoms with Gasteiger partial charge >= 0.3 is 0 Å². The van der Waals surface area contributed by atoms with Crippen molar-refractivity contribution < 1.29 is 14.3 Å². The monoisotopic (exact) mass is 429 g/mol. The molecule has 8 nitrogen and oxygen atoms in total. The minimum absolute atomic E-state index is 0.00686. The van der Waals surface area contributed by atoms with Crippen LogP contribution in [0, 0.1) is 0 Å². The van der Waals surface area contributed by atoms with E-state index in [4.69, 9.17) is 9.47 Å². The maximum atomic E-state index is 12.2. The molecule has 8 heteroatoms. The maximum Gasteiger partial charge on any atom is 0.243 e. The van der Waals surface area contributed by atoms with E-state index < -0.39 is 0 Å². The summed E-state index contributed by atoms with van der Waals surface area (Å²) in [4.78, 5) is 13.5. The van der Waals surface area contributed by atoms with Crippen LogP contribution in [0.3, 0.4) is 0 Å². The number of carbonyl (C=O) groups excluding carboxylic acids is 1. The molecule has 1 heterocycles. The van der Waals surface area contributed by atoms with E-state index in [2.05, 4.69) is 20.7 Å². The SMILES string of the molecule is COc1ccc(CNC(=O)Cn2nnc(-c3ccc(-c4ccc(OC)cc4)cc3)n2)cc1. The standard InChI is InChI=1S/C24H23N5O3/c1-31-21-11-3-17(4-12-21)15-25-23(30)16-29-27-24(26-28-29)20-7-5-18(6-8-20)19-9-13-22(32-2)14-10-19/h3-14H,15-16H2,1-2H3,(H,25,30). The van der Waals surface area contributed by atoms with Crippen molar-refractivity contribution in [1.29, 1.82) is 0 Å². The Labute approximate surface area is 185 Å². The number of hydrogen-bond donors (Lipinski definition) is 1. The second kappa shape index (κ2) is 9.74. The summed E-state index contributed by atoms with van der Waals surface area (Å²) in [7, 11) is 3.26. The first-order chi connectivity index (χ1) is 15.6. The number of ether oxygens (including phenoxy) is 2. The average Bonchev–Trinajstić information content (AvgIpc) is 3.31. The smallest absolute Gasteiger partial charge is 0.243 e. The van der Waals surface area contributed by atoms with Crippen molar-refractivity contribution in [3.63, 3.8) is 0 Å². The van der Waals surface area contributed by atoms with E-state index >= 15 is 0 Å². The molecule has 0 aliphatic rings. The van der Waals surface area contributed by atoms with Gasteiger partial charge in [-0.05, 0) is 46.2 Å². The van der Waals surface area contributed by atoms with Crippen molar-refractivity contribution in [1.82, 2.24) is 25.5 Å². The number of benzene rings is 3. The zero-order valence-corrected chi connectivity index (χ0v) is 17.9. The minimum Gasteiger partial charge on any atom is -0.497 e. The van der Waals surface area contributed by atoms with Crippen LogP contribution in [0.25, 0.3) is 22.5 Å². The molecule has 0 aliphatic heterocycles. The molecule has 3 aromatic carbocycles. The Morgan fingerprint density at radius 3 is 1.94 bits per heavy atom. The minimum atomic E-state index is -0.195. The second-order valence-electron chi connectivity index (χ2n) is 7.07. The summed E-state index contributed by atoms with van der Waals surface area (Å²) < 4.78 is 10.3. The van der Waals surface area contributed by atoms with Crippen LogP contribution in [-0.4, -0.2) is 40.3 Å². The fourth-order valence-electron chi connectivity index (χ4n) is 3.15. The van der Waals surface area contributed by atoms with Crippen molar-refractivity contribution in [2.45, 2.75) is 13.1 Å². The molecule has 4 aromatic rings. The molecule has 0 atom stereocenters. The molecule has 32 heavy (non-hydrogen) atoms. The molecule has 0 radical (unpaired) electrons. The normalized spacial score (nSPS) is 10.6. The van der Waals surface area contributed by atoms with E-state index in [1.54, 1.807) is 14.2 Å². The molecular weight excluding hydrogens is 406 g/mol. The van der Waals surface area contributed by atoms with Gasteiger partial charge in [0.15, 0.2) is 0 Å². The molecular formula is C24H23N5O3. The van der Waals surface area contributed by atoms with Gasteiger partial charge in [-0.15, -0.1) is 10.2 Å². The molecule has 4 rings (SSSR count). The van der Waals surface area contributed by atoms with Crippen molar-refractivity contribution in [2.75, 3.05) is 14.2 Å². The van der Waals surface area contributed by atoms with Crippen LogP contribution in [0.15, 0.2) is 72.8 Å². The van der Waals surface area contributed by atoms with Crippen LogP contribution < -0.4 is 14.8 Å². The lowest BCUT2D eigenvalue weighted by atomic mass is 10.0. The molecule has 0 aliphatic carbocycles. The van der Waals surface area contributed by atoms with E-state index in [0.717, 1.165) is 33.8 Å². The number of nitrogens with zero attached hydrogens (tertiary/aromatic N) is 4. The van der Waals surface area contributed by atoms with Crippen molar-refractivity contribution in [3.05, 3.63) is 78.4 Å². The van der Waals surface area contributed by atoms with Gasteiger partial charge in [-0.1, -0.05) is 48.5 Å². The van der Waals surface area contributed by atoms with Gasteiger partial charge in [0.25, 0.3) is 0 Å². The number of aromatic nitrogens is 4. The van der Waals surface area contributed by atoms with Crippen LogP contribution in [-0.2, 0) is 17.9 Å². The molecule has 0 fully saturated rings. The Hall–Kier alpha value is -4.20. The predicted molar refractivity (Wildman–Crippen MR) is 120 cm³/mol. The first-order valence-corrected chi connectivity index (χ1v) is 10.1. The third-order valence-corrected chi connectivity index (χ3v) is 4.95. The van der Waals surface area contributed by atoms with Gasteiger partial charge in [0.2, 0.25) is 11.7 Å². The summed E-state index contributed by atoms with van der Waals surface area (Å²) >= 11 is 0. The number of methoxy groups -OCH3 is 2. The first kappa shape index (κ1) is 21.0. The zero-order chi connectivity index (χ0) is 22.3. The quantitative estimate of drug-likeness (QED) is 0.462. The molecule has 0 bridgehead atoms. The van der Waals surface area contributed by atoms with E-state index in [9.17, 15) is 4.79 Å². The molecule has 0 saturated heterocycles. The van der Waals surface area contributed by atoms with Gasteiger partial charge in [-0.2, -0.15) is 4.80 Å². The maximum absolute atomic E-state index is 12.2. The Morgan fingerprint density at radius 2 is 1.34 bits per heavy atom. The van der Waals surface area contributed by atoms with E-state index in [-0.39, 0.29) is 12.5 Å². The highest BCUT2D eigenvalue weighted by atomic mass is 16.5. The lowest BCUT2D eigenvalue weighted by Crippen LogP contribution is -2.28. The topological polar surface area (TPSA) is 91.2 Å². The fraction of sp³-hybridized carbons (Fsp3) is 0.167. The molecule has 0 spiro atoms. The lowest BCUT2D eigenvalue weighted by Gasteiger charge is -2.06. The lowest BCUT2D eigenvalue weighted by molar-refractivity contribution is -0.122. The molecule has 1 aromatic heterocycles. The van der Waals surface area contributed by atoms with Gasteiger partial charge in [-0.3, -0.25) is 4.79 Å². The van der Waals surface area contributed by atoms with E-state index in [1.807, 2.05) is 72.8 Å². The molecule has 1 amide bonds. The average molecular weight is 429 g/mol. The molecule has 1 N–H and O–H groups in total. The van der Waals surface area contributed by atoms with Crippen LogP contribution in [0.5, 0.6) is 11.5 Å². The third kappa shape index (κ3) is 5.10. The zero-order valence-electron chi connectivity index (χ0n) is 17.9. The van der Waals surface area contributed by atoms with E-state index in [0.29, 0.717) is 12.4 Å². The van der Waals surface area contributed by atoms with Gasteiger partial charge in [0.1, 0.15) is 18.0 Å². The fourth-order valence-corrected chi connectivity index (χ4v) is 3.15. The van der Waals surface area contributed by atoms with Crippen molar-refractivity contribution in [3.8, 4) is 34.0 Å². The van der Waals surface area contributed by atoms with E-state index in [1.165, 1.54) is 4.80 Å². The highest BCUT2D eigenvalue weighted by Gasteiger charge is 2.10. The Kier molecular flexibility index (Phi) is 6.41. The van der Waals surface area contributed by atoms with Crippen molar-refractivity contribution in [2.24, 2.45) is 0 Å². The Morgan fingerprint density at radius 1 is 0.812 bits per heavy atom. The van der Waals surface area contributed by atoms with Crippen LogP contribution >= 0.6 is 0 Å². The summed E-state index contributed by atoms with van der Waals surface area (Å²) in [6.07, 6.45) is 0. The summed E-state index contributed by atoms with van der Waals surface area (Å²) in [5, 5.41) is 15.2. The summed E-state index contributed by atoms with van der Waals surface area (Å²) in [6.45, 7) is 0.407. The van der Waals surface area contributed by atoms with Gasteiger partial charge in [0, 0.05) is 12.1 Å². The number of amides is 1. The van der Waals surface area contributed by atoms with Gasteiger partial charge in [0.05, 0.1) is 14.2 Å². The summed E-state index contributed by atoms with van der Waals surface area (Å²) in [5.41, 5.74) is 3.96. The second-order valence-corrected chi connectivity index (χ2v) is 7.07. The molecule has 162 valence electrons. The summed E-state index contributed by atoms with van der Waals surface area (Å²) in [6, 6.07) is 23.3. The first-order valence-electron chi connectivity index (χ1n) is 10.1. The Bertz CT molecular complexity index is 1170. The van der Waals surface area contributed by atoms with Crippen LogP contribution in [0.4, 0.5) is 0 Å². The number of rotatable bonds is 8. The molecule has 0 unspecified atom stereocenters. The summed E-state index contributed by atoms with van der Waals surface area (Å²) in [5.74, 6) is 1.87. The van der Waals surface area contributed by atoms with Crippen LogP contribution in [0.2, 0.25) is 0 Å². The number of nitrogens with one attached hydrogen (secondary N) is 1. The number of tetrazole rings is 1. The number of hydrogen-bond acceptors (Lipinski definition) is 6. The largest absolute Gasteiger partial charge is 0.497 e. The Balaban J connectivity index is 1.34. The van der Waals surface area contributed by atoms with Gasteiger partial charge < -0.3 is 14.8 Å². The highest BCUT2D eigenvalue weighted by Crippen LogP contribution is 2.24. The third-order valence-electron chi connectivity index (χ3n) is 4.95. The van der Waals surface area contributed by atoms with Crippen molar-refractivity contribution >= 4 is 5.91 Å². The van der Waals surface area contributed by atoms with Gasteiger partial charge in [-0.25, -0.2) is 0 Å².